The molecule has 338 valence electrons. The Hall–Kier alpha value is -7.95. The Kier molecular flexibility index (Phi) is 16.2. The summed E-state index contributed by atoms with van der Waals surface area (Å²) in [5.41, 5.74) is 1.96. The van der Waals surface area contributed by atoms with Crippen LogP contribution in [-0.2, 0) is 46.3 Å². The van der Waals surface area contributed by atoms with Crippen molar-refractivity contribution in [1.29, 1.82) is 0 Å². The van der Waals surface area contributed by atoms with Gasteiger partial charge in [0.05, 0.1) is 23.3 Å². The number of hydrogen-bond donors (Lipinski definition) is 6. The highest BCUT2D eigenvalue weighted by Gasteiger charge is 2.34. The van der Waals surface area contributed by atoms with Gasteiger partial charge < -0.3 is 36.2 Å². The lowest BCUT2D eigenvalue weighted by atomic mass is 9.98. The minimum Gasteiger partial charge on any atom is -0.502 e. The van der Waals surface area contributed by atoms with Gasteiger partial charge in [-0.15, -0.1) is 0 Å². The number of nitro benzene ring substituents is 1. The molecular formula is C48H49N5O12. The summed E-state index contributed by atoms with van der Waals surface area (Å²) in [6.45, 7) is 5.72. The van der Waals surface area contributed by atoms with Gasteiger partial charge in [0.1, 0.15) is 24.2 Å². The largest absolute Gasteiger partial charge is 0.502 e. The van der Waals surface area contributed by atoms with Crippen LogP contribution in [-0.4, -0.2) is 81.2 Å². The Labute approximate surface area is 373 Å². The first-order chi connectivity index (χ1) is 30.9. The van der Waals surface area contributed by atoms with Crippen molar-refractivity contribution in [3.63, 3.8) is 0 Å². The summed E-state index contributed by atoms with van der Waals surface area (Å²) in [5, 5.41) is 43.2. The smallest absolute Gasteiger partial charge is 0.339 e. The van der Waals surface area contributed by atoms with E-state index < -0.39 is 107 Å². The number of aromatic hydroxyl groups is 1. The Morgan fingerprint density at radius 3 is 1.98 bits per heavy atom. The maximum atomic E-state index is 14.4. The topological polar surface area (TPSA) is 260 Å². The summed E-state index contributed by atoms with van der Waals surface area (Å²) in [6.07, 6.45) is -1.32. The van der Waals surface area contributed by atoms with Crippen LogP contribution in [0.1, 0.15) is 64.5 Å². The molecule has 4 amide bonds. The number of nitro groups is 1. The Morgan fingerprint density at radius 2 is 1.34 bits per heavy atom. The van der Waals surface area contributed by atoms with Crippen molar-refractivity contribution in [1.82, 2.24) is 21.3 Å². The number of carbonyl (C=O) groups is 7. The highest BCUT2D eigenvalue weighted by molar-refractivity contribution is 5.99. The Balaban J connectivity index is 1.37. The summed E-state index contributed by atoms with van der Waals surface area (Å²) in [5.74, 6) is -7.69. The van der Waals surface area contributed by atoms with Crippen molar-refractivity contribution < 1.29 is 53.4 Å². The average Bonchev–Trinajstić information content (AvgIpc) is 3.26. The van der Waals surface area contributed by atoms with Crippen LogP contribution in [0, 0.1) is 29.9 Å². The van der Waals surface area contributed by atoms with Crippen LogP contribution in [0.15, 0.2) is 109 Å². The van der Waals surface area contributed by atoms with E-state index in [0.29, 0.717) is 16.7 Å². The standard InChI is InChI=1S/C48H49N5O12/c1-27(2)43(46(60)50-35(25-41(57)58)39(55)26-65-48(62)42-28(3)11-10-12-29(42)4)51-47(61)44(33-14-6-5-7-15-33)52-45(59)36(22-30-17-19-32-13-8-9-16-34(32)21-30)49-40(56)24-31-18-20-38(54)37(23-31)53(63)64/h5-21,23,27,35-36,43-44,54H,22,24-26H2,1-4H3,(H,49,56)(H,50,60)(H,51,61)(H,52,59)(H,57,58)/t35-,36-,43-,44-/m0/s1. The molecule has 0 fully saturated rings. The number of carboxylic acid groups (broad SMARTS) is 1. The summed E-state index contributed by atoms with van der Waals surface area (Å²) >= 11 is 0. The minimum absolute atomic E-state index is 0.0584. The number of aliphatic carboxylic acids is 1. The highest BCUT2D eigenvalue weighted by Crippen LogP contribution is 2.27. The molecule has 0 spiro atoms. The normalized spacial score (nSPS) is 12.8. The number of esters is 1. The number of carbonyl (C=O) groups excluding carboxylic acids is 6. The lowest BCUT2D eigenvalue weighted by Crippen LogP contribution is -2.57. The van der Waals surface area contributed by atoms with Crippen LogP contribution < -0.4 is 21.3 Å². The van der Waals surface area contributed by atoms with Crippen molar-refractivity contribution in [3.05, 3.63) is 153 Å². The molecule has 17 heteroatoms. The predicted molar refractivity (Wildman–Crippen MR) is 238 cm³/mol. The Morgan fingerprint density at radius 1 is 0.692 bits per heavy atom. The molecule has 0 aromatic heterocycles. The number of nitrogens with one attached hydrogen (secondary N) is 4. The average molecular weight is 888 g/mol. The number of phenolic OH excluding ortho intramolecular Hbond substituents is 1. The van der Waals surface area contributed by atoms with Gasteiger partial charge in [0.25, 0.3) is 0 Å². The third kappa shape index (κ3) is 13.0. The van der Waals surface area contributed by atoms with Crippen LogP contribution in [0.2, 0.25) is 0 Å². The molecular weight excluding hydrogens is 839 g/mol. The second-order valence-corrected chi connectivity index (χ2v) is 15.8. The van der Waals surface area contributed by atoms with E-state index in [-0.39, 0.29) is 23.1 Å². The molecule has 0 aliphatic carbocycles. The summed E-state index contributed by atoms with van der Waals surface area (Å²) in [7, 11) is 0. The summed E-state index contributed by atoms with van der Waals surface area (Å²) in [6, 6.07) is 23.8. The number of aryl methyl sites for hydroxylation is 2. The molecule has 4 atom stereocenters. The number of nitrogens with zero attached hydrogens (tertiary/aromatic N) is 1. The molecule has 0 saturated carbocycles. The molecule has 0 heterocycles. The second-order valence-electron chi connectivity index (χ2n) is 15.8. The molecule has 5 aromatic carbocycles. The molecule has 0 bridgehead atoms. The van der Waals surface area contributed by atoms with E-state index >= 15 is 0 Å². The molecule has 5 aromatic rings. The van der Waals surface area contributed by atoms with E-state index in [4.69, 9.17) is 4.74 Å². The van der Waals surface area contributed by atoms with Gasteiger partial charge in [0.2, 0.25) is 23.6 Å². The second kappa shape index (κ2) is 21.9. The van der Waals surface area contributed by atoms with Crippen molar-refractivity contribution in [3.8, 4) is 5.75 Å². The third-order valence-electron chi connectivity index (χ3n) is 10.5. The van der Waals surface area contributed by atoms with Gasteiger partial charge in [0.15, 0.2) is 18.1 Å². The number of Topliss-reactive ketones (excluding diaryl/α,β-unsaturated/α-hetero) is 1. The van der Waals surface area contributed by atoms with E-state index in [9.17, 15) is 53.9 Å². The molecule has 0 aliphatic heterocycles. The van der Waals surface area contributed by atoms with E-state index in [1.807, 2.05) is 36.4 Å². The fraction of sp³-hybridized carbons (Fsp3) is 0.271. The monoisotopic (exact) mass is 887 g/mol. The fourth-order valence-corrected chi connectivity index (χ4v) is 7.15. The number of phenols is 1. The van der Waals surface area contributed by atoms with E-state index in [1.165, 1.54) is 6.07 Å². The first-order valence-electron chi connectivity index (χ1n) is 20.6. The maximum Gasteiger partial charge on any atom is 0.339 e. The number of fused-ring (bicyclic) bond motifs is 1. The van der Waals surface area contributed by atoms with Gasteiger partial charge in [0, 0.05) is 12.5 Å². The van der Waals surface area contributed by atoms with Gasteiger partial charge in [-0.25, -0.2) is 4.79 Å². The molecule has 0 aliphatic rings. The third-order valence-corrected chi connectivity index (χ3v) is 10.5. The quantitative estimate of drug-likeness (QED) is 0.0352. The zero-order chi connectivity index (χ0) is 47.4. The van der Waals surface area contributed by atoms with Crippen molar-refractivity contribution >= 4 is 57.8 Å². The molecule has 0 saturated heterocycles. The van der Waals surface area contributed by atoms with Crippen LogP contribution in [0.4, 0.5) is 5.69 Å². The molecule has 6 N–H and O–H groups in total. The highest BCUT2D eigenvalue weighted by atomic mass is 16.6. The van der Waals surface area contributed by atoms with Gasteiger partial charge >= 0.3 is 17.6 Å². The number of rotatable bonds is 20. The minimum atomic E-state index is -1.65. The first kappa shape index (κ1) is 48.1. The van der Waals surface area contributed by atoms with Crippen LogP contribution in [0.5, 0.6) is 5.75 Å². The van der Waals surface area contributed by atoms with E-state index in [1.54, 1.807) is 82.3 Å². The van der Waals surface area contributed by atoms with Gasteiger partial charge in [-0.2, -0.15) is 0 Å². The number of amides is 4. The maximum absolute atomic E-state index is 14.4. The molecule has 17 nitrogen and oxygen atoms in total. The lowest BCUT2D eigenvalue weighted by Gasteiger charge is -2.28. The van der Waals surface area contributed by atoms with E-state index in [2.05, 4.69) is 21.3 Å². The summed E-state index contributed by atoms with van der Waals surface area (Å²) < 4.78 is 5.23. The molecule has 5 rings (SSSR count). The predicted octanol–water partition coefficient (Wildman–Crippen LogP) is 4.72. The zero-order valence-electron chi connectivity index (χ0n) is 36.0. The van der Waals surface area contributed by atoms with Crippen LogP contribution in [0.25, 0.3) is 10.8 Å². The zero-order valence-corrected chi connectivity index (χ0v) is 36.0. The fourth-order valence-electron chi connectivity index (χ4n) is 7.15. The lowest BCUT2D eigenvalue weighted by molar-refractivity contribution is -0.385. The van der Waals surface area contributed by atoms with Gasteiger partial charge in [-0.3, -0.25) is 38.9 Å². The van der Waals surface area contributed by atoms with Crippen molar-refractivity contribution in [2.45, 2.75) is 71.1 Å². The number of ether oxygens (including phenoxy) is 1. The van der Waals surface area contributed by atoms with E-state index in [0.717, 1.165) is 22.9 Å². The first-order valence-corrected chi connectivity index (χ1v) is 20.6. The van der Waals surface area contributed by atoms with Crippen LogP contribution in [0.3, 0.4) is 0 Å². The molecule has 65 heavy (non-hydrogen) atoms. The molecule has 0 unspecified atom stereocenters. The van der Waals surface area contributed by atoms with Crippen molar-refractivity contribution in [2.24, 2.45) is 5.92 Å². The van der Waals surface area contributed by atoms with Gasteiger partial charge in [-0.05, 0) is 64.4 Å². The van der Waals surface area contributed by atoms with Crippen LogP contribution >= 0.6 is 0 Å². The molecule has 0 radical (unpaired) electrons. The SMILES string of the molecule is Cc1cccc(C)c1C(=O)OCC(=O)[C@H](CC(=O)O)NC(=O)[C@@H](NC(=O)[C@@H](NC(=O)[C@H](Cc1ccc2ccccc2c1)NC(=O)Cc1ccc(O)c([N+](=O)[O-])c1)c1ccccc1)C(C)C. The van der Waals surface area contributed by atoms with Gasteiger partial charge in [-0.1, -0.05) is 111 Å². The number of benzene rings is 5. The number of hydrogen-bond acceptors (Lipinski definition) is 11. The number of ketones is 1. The Bertz CT molecular complexity index is 2590. The summed E-state index contributed by atoms with van der Waals surface area (Å²) in [4.78, 5) is 105. The van der Waals surface area contributed by atoms with Crippen molar-refractivity contribution in [2.75, 3.05) is 6.61 Å². The number of carboxylic acids is 1.